The summed E-state index contributed by atoms with van der Waals surface area (Å²) in [6.07, 6.45) is 14.1. The molecule has 0 aromatic carbocycles. The van der Waals surface area contributed by atoms with Crippen LogP contribution in [0.4, 0.5) is 0 Å². The predicted molar refractivity (Wildman–Crippen MR) is 117 cm³/mol. The minimum Gasteiger partial charge on any atom is -0.498 e. The molecule has 3 saturated carbocycles. The first-order valence-corrected chi connectivity index (χ1v) is 12.0. The van der Waals surface area contributed by atoms with Gasteiger partial charge in [0.2, 0.25) is 0 Å². The Bertz CT molecular complexity index is 752. The molecule has 3 fully saturated rings. The molecule has 0 saturated heterocycles. The van der Waals surface area contributed by atoms with E-state index in [0.29, 0.717) is 24.4 Å². The van der Waals surface area contributed by atoms with Gasteiger partial charge in [0.1, 0.15) is 18.1 Å². The van der Waals surface area contributed by atoms with E-state index in [1.807, 2.05) is 6.92 Å². The molecule has 0 aliphatic heterocycles. The van der Waals surface area contributed by atoms with Crippen molar-refractivity contribution in [3.63, 3.8) is 0 Å². The molecule has 4 heteroatoms. The van der Waals surface area contributed by atoms with Crippen LogP contribution in [-0.4, -0.2) is 25.0 Å². The van der Waals surface area contributed by atoms with Crippen LogP contribution in [0.3, 0.4) is 0 Å². The Morgan fingerprint density at radius 2 is 1.97 bits per heavy atom. The van der Waals surface area contributed by atoms with Crippen molar-refractivity contribution in [1.82, 2.24) is 0 Å². The summed E-state index contributed by atoms with van der Waals surface area (Å²) in [5.41, 5.74) is 2.01. The molecule has 0 aromatic rings. The highest BCUT2D eigenvalue weighted by molar-refractivity contribution is 5.66. The lowest BCUT2D eigenvalue weighted by Gasteiger charge is -2.58. The van der Waals surface area contributed by atoms with Crippen molar-refractivity contribution in [3.8, 4) is 0 Å². The zero-order valence-electron chi connectivity index (χ0n) is 19.1. The molecule has 0 N–H and O–H groups in total. The van der Waals surface area contributed by atoms with Gasteiger partial charge in [-0.1, -0.05) is 25.5 Å². The van der Waals surface area contributed by atoms with Crippen LogP contribution >= 0.6 is 0 Å². The second-order valence-corrected chi connectivity index (χ2v) is 10.5. The van der Waals surface area contributed by atoms with Crippen LogP contribution < -0.4 is 0 Å². The van der Waals surface area contributed by atoms with Crippen molar-refractivity contribution in [2.45, 2.75) is 85.2 Å². The molecule has 0 aromatic heterocycles. The fourth-order valence-electron chi connectivity index (χ4n) is 7.93. The highest BCUT2D eigenvalue weighted by Gasteiger charge is 2.59. The first-order valence-electron chi connectivity index (χ1n) is 12.0. The van der Waals surface area contributed by atoms with E-state index in [0.717, 1.165) is 50.1 Å². The lowest BCUT2D eigenvalue weighted by atomic mass is 9.47. The zero-order valence-corrected chi connectivity index (χ0v) is 19.1. The van der Waals surface area contributed by atoms with Gasteiger partial charge in [0, 0.05) is 25.3 Å². The van der Waals surface area contributed by atoms with Gasteiger partial charge in [-0.15, -0.1) is 0 Å². The number of hydrogen-bond acceptors (Lipinski definition) is 4. The van der Waals surface area contributed by atoms with E-state index in [9.17, 15) is 9.59 Å². The Labute approximate surface area is 181 Å². The second-order valence-electron chi connectivity index (χ2n) is 10.5. The molecule has 4 nitrogen and oxygen atoms in total. The van der Waals surface area contributed by atoms with Gasteiger partial charge in [0.05, 0.1) is 6.61 Å². The van der Waals surface area contributed by atoms with Gasteiger partial charge in [0.25, 0.3) is 0 Å². The SMILES string of the molecule is CCOC(=CC=O)C1CCC2C3CC=C4CC(OC(C)=O)CCC4(C)C3CCC12C. The third-order valence-corrected chi connectivity index (χ3v) is 9.28. The van der Waals surface area contributed by atoms with Crippen LogP contribution in [0.5, 0.6) is 0 Å². The lowest BCUT2D eigenvalue weighted by molar-refractivity contribution is -0.148. The van der Waals surface area contributed by atoms with Crippen LogP contribution in [-0.2, 0) is 19.1 Å². The van der Waals surface area contributed by atoms with Gasteiger partial charge in [-0.05, 0) is 80.5 Å². The molecule has 0 radical (unpaired) electrons. The van der Waals surface area contributed by atoms with Crippen molar-refractivity contribution >= 4 is 12.3 Å². The fourth-order valence-corrected chi connectivity index (χ4v) is 7.93. The van der Waals surface area contributed by atoms with Crippen LogP contribution in [0, 0.1) is 34.5 Å². The minimum absolute atomic E-state index is 0.0605. The maximum absolute atomic E-state index is 11.4. The lowest BCUT2D eigenvalue weighted by Crippen LogP contribution is -2.50. The summed E-state index contributed by atoms with van der Waals surface area (Å²) in [6.45, 7) is 9.09. The van der Waals surface area contributed by atoms with E-state index in [1.165, 1.54) is 31.8 Å². The minimum atomic E-state index is -0.156. The molecule has 30 heavy (non-hydrogen) atoms. The number of allylic oxidation sites excluding steroid dienone is 3. The highest BCUT2D eigenvalue weighted by Crippen LogP contribution is 2.67. The Hall–Kier alpha value is -1.58. The van der Waals surface area contributed by atoms with Crippen molar-refractivity contribution in [2.75, 3.05) is 6.61 Å². The molecule has 0 bridgehead atoms. The topological polar surface area (TPSA) is 52.6 Å². The standard InChI is InChI=1S/C26H38O4/c1-5-29-24(12-15-27)23-9-8-21-20-7-6-18-16-19(30-17(2)28)10-13-25(18,3)22(20)11-14-26(21,23)4/h6,12,15,19-23H,5,7-11,13-14,16H2,1-4H3. The molecular weight excluding hydrogens is 376 g/mol. The fraction of sp³-hybridized carbons (Fsp3) is 0.769. The van der Waals surface area contributed by atoms with E-state index in [-0.39, 0.29) is 22.9 Å². The number of esters is 1. The van der Waals surface area contributed by atoms with E-state index in [4.69, 9.17) is 9.47 Å². The van der Waals surface area contributed by atoms with Crippen molar-refractivity contribution in [2.24, 2.45) is 34.5 Å². The van der Waals surface area contributed by atoms with E-state index < -0.39 is 0 Å². The van der Waals surface area contributed by atoms with Crippen LogP contribution in [0.25, 0.3) is 0 Å². The smallest absolute Gasteiger partial charge is 0.302 e. The highest BCUT2D eigenvalue weighted by atomic mass is 16.5. The number of ether oxygens (including phenoxy) is 2. The zero-order chi connectivity index (χ0) is 21.5. The monoisotopic (exact) mass is 414 g/mol. The second kappa shape index (κ2) is 8.16. The Morgan fingerprint density at radius 1 is 1.17 bits per heavy atom. The molecule has 7 unspecified atom stereocenters. The van der Waals surface area contributed by atoms with Gasteiger partial charge in [-0.2, -0.15) is 0 Å². The van der Waals surface area contributed by atoms with Gasteiger partial charge >= 0.3 is 5.97 Å². The molecular formula is C26H38O4. The summed E-state index contributed by atoms with van der Waals surface area (Å²) in [5, 5.41) is 0. The molecule has 0 heterocycles. The van der Waals surface area contributed by atoms with Crippen LogP contribution in [0.15, 0.2) is 23.5 Å². The molecule has 4 aliphatic carbocycles. The number of aldehydes is 1. The first-order chi connectivity index (χ1) is 14.3. The average Bonchev–Trinajstić information content (AvgIpc) is 3.05. The first kappa shape index (κ1) is 21.6. The van der Waals surface area contributed by atoms with Gasteiger partial charge in [-0.25, -0.2) is 0 Å². The van der Waals surface area contributed by atoms with Crippen LogP contribution in [0.1, 0.15) is 79.1 Å². The summed E-state index contributed by atoms with van der Waals surface area (Å²) in [7, 11) is 0. The van der Waals surface area contributed by atoms with Gasteiger partial charge in [-0.3, -0.25) is 9.59 Å². The molecule has 0 amide bonds. The summed E-state index contributed by atoms with van der Waals surface area (Å²) in [4.78, 5) is 22.7. The number of rotatable bonds is 5. The molecule has 4 rings (SSSR count). The quantitative estimate of drug-likeness (QED) is 0.193. The maximum atomic E-state index is 11.4. The van der Waals surface area contributed by atoms with E-state index in [2.05, 4.69) is 19.9 Å². The van der Waals surface area contributed by atoms with Crippen molar-refractivity contribution in [3.05, 3.63) is 23.5 Å². The average molecular weight is 415 g/mol. The van der Waals surface area contributed by atoms with Crippen molar-refractivity contribution < 1.29 is 19.1 Å². The number of fused-ring (bicyclic) bond motifs is 5. The Morgan fingerprint density at radius 3 is 2.67 bits per heavy atom. The molecule has 7 atom stereocenters. The predicted octanol–water partition coefficient (Wildman–Crippen LogP) is 5.62. The molecule has 4 aliphatic rings. The summed E-state index contributed by atoms with van der Waals surface area (Å²) >= 11 is 0. The summed E-state index contributed by atoms with van der Waals surface area (Å²) < 4.78 is 11.5. The molecule has 0 spiro atoms. The Kier molecular flexibility index (Phi) is 5.89. The van der Waals surface area contributed by atoms with Crippen molar-refractivity contribution in [1.29, 1.82) is 0 Å². The third-order valence-electron chi connectivity index (χ3n) is 9.28. The normalized spacial score (nSPS) is 43.0. The summed E-state index contributed by atoms with van der Waals surface area (Å²) in [5.74, 6) is 3.25. The third kappa shape index (κ3) is 3.44. The van der Waals surface area contributed by atoms with Gasteiger partial charge < -0.3 is 9.47 Å². The van der Waals surface area contributed by atoms with E-state index in [1.54, 1.807) is 6.08 Å². The van der Waals surface area contributed by atoms with Crippen LogP contribution in [0.2, 0.25) is 0 Å². The number of carbonyl (C=O) groups excluding carboxylic acids is 2. The maximum Gasteiger partial charge on any atom is 0.302 e. The summed E-state index contributed by atoms with van der Waals surface area (Å²) in [6, 6.07) is 0. The number of carbonyl (C=O) groups is 2. The largest absolute Gasteiger partial charge is 0.498 e. The van der Waals surface area contributed by atoms with E-state index >= 15 is 0 Å². The Balaban J connectivity index is 1.57. The molecule has 166 valence electrons. The number of hydrogen-bond donors (Lipinski definition) is 0. The van der Waals surface area contributed by atoms with Gasteiger partial charge in [0.15, 0.2) is 0 Å².